The van der Waals surface area contributed by atoms with Crippen molar-refractivity contribution in [3.05, 3.63) is 24.2 Å². The summed E-state index contributed by atoms with van der Waals surface area (Å²) in [6.07, 6.45) is 2.38. The van der Waals surface area contributed by atoms with Gasteiger partial charge in [0, 0.05) is 19.9 Å². The highest BCUT2D eigenvalue weighted by Crippen LogP contribution is 1.98. The first-order valence-electron chi connectivity index (χ1n) is 3.56. The fraction of sp³-hybridized carbons (Fsp3) is 0.375. The van der Waals surface area contributed by atoms with Crippen LogP contribution in [-0.2, 0) is 11.2 Å². The Balaban J connectivity index is 2.19. The average Bonchev–Trinajstić information content (AvgIpc) is 2.39. The van der Waals surface area contributed by atoms with E-state index in [0.717, 1.165) is 12.2 Å². The van der Waals surface area contributed by atoms with E-state index in [9.17, 15) is 4.79 Å². The monoisotopic (exact) mass is 153 g/mol. The highest BCUT2D eigenvalue weighted by Gasteiger charge is 1.95. The zero-order valence-corrected chi connectivity index (χ0v) is 6.46. The molecule has 0 fully saturated rings. The molecule has 60 valence electrons. The van der Waals surface area contributed by atoms with Crippen LogP contribution in [0.4, 0.5) is 0 Å². The van der Waals surface area contributed by atoms with Gasteiger partial charge < -0.3 is 9.73 Å². The van der Waals surface area contributed by atoms with Gasteiger partial charge in [0.05, 0.1) is 6.26 Å². The summed E-state index contributed by atoms with van der Waals surface area (Å²) in [5.74, 6) is 0.898. The van der Waals surface area contributed by atoms with Crippen LogP contribution >= 0.6 is 0 Å². The van der Waals surface area contributed by atoms with Crippen LogP contribution in [0.2, 0.25) is 0 Å². The molecule has 1 heterocycles. The number of amides is 1. The molecular weight excluding hydrogens is 142 g/mol. The molecule has 0 aromatic carbocycles. The molecule has 0 unspecified atom stereocenters. The molecular formula is C8H11NO2. The Morgan fingerprint density at radius 1 is 1.73 bits per heavy atom. The zero-order chi connectivity index (χ0) is 8.10. The Morgan fingerprint density at radius 2 is 2.55 bits per heavy atom. The van der Waals surface area contributed by atoms with Crippen LogP contribution < -0.4 is 5.32 Å². The number of hydrogen-bond acceptors (Lipinski definition) is 2. The van der Waals surface area contributed by atoms with Gasteiger partial charge in [-0.2, -0.15) is 0 Å². The van der Waals surface area contributed by atoms with Crippen molar-refractivity contribution in [1.29, 1.82) is 0 Å². The Kier molecular flexibility index (Phi) is 2.72. The van der Waals surface area contributed by atoms with Gasteiger partial charge in [0.15, 0.2) is 0 Å². The molecule has 0 saturated carbocycles. The molecule has 0 aliphatic carbocycles. The topological polar surface area (TPSA) is 42.2 Å². The molecule has 0 atom stereocenters. The van der Waals surface area contributed by atoms with Gasteiger partial charge >= 0.3 is 0 Å². The number of furan rings is 1. The quantitative estimate of drug-likeness (QED) is 0.702. The molecule has 1 amide bonds. The number of hydrogen-bond donors (Lipinski definition) is 1. The van der Waals surface area contributed by atoms with Crippen molar-refractivity contribution >= 4 is 5.91 Å². The van der Waals surface area contributed by atoms with Crippen LogP contribution in [0.3, 0.4) is 0 Å². The maximum atomic E-state index is 10.4. The van der Waals surface area contributed by atoms with Gasteiger partial charge in [-0.25, -0.2) is 0 Å². The fourth-order valence-corrected chi connectivity index (χ4v) is 0.817. The van der Waals surface area contributed by atoms with E-state index in [1.165, 1.54) is 6.92 Å². The molecule has 1 rings (SSSR count). The smallest absolute Gasteiger partial charge is 0.216 e. The molecule has 0 aliphatic rings. The lowest BCUT2D eigenvalue weighted by molar-refractivity contribution is -0.118. The van der Waals surface area contributed by atoms with Crippen molar-refractivity contribution in [3.63, 3.8) is 0 Å². The van der Waals surface area contributed by atoms with Gasteiger partial charge in [0.1, 0.15) is 5.76 Å². The van der Waals surface area contributed by atoms with Crippen LogP contribution in [0.25, 0.3) is 0 Å². The van der Waals surface area contributed by atoms with Gasteiger partial charge in [0.25, 0.3) is 0 Å². The first-order valence-corrected chi connectivity index (χ1v) is 3.56. The SMILES string of the molecule is CC(=O)NCCc1ccco1. The number of rotatable bonds is 3. The van der Waals surface area contributed by atoms with E-state index in [2.05, 4.69) is 5.32 Å². The summed E-state index contributed by atoms with van der Waals surface area (Å²) >= 11 is 0. The predicted octanol–water partition coefficient (Wildman–Crippen LogP) is 0.958. The predicted molar refractivity (Wildman–Crippen MR) is 41.1 cm³/mol. The molecule has 0 aliphatic heterocycles. The summed E-state index contributed by atoms with van der Waals surface area (Å²) in [6, 6.07) is 3.73. The van der Waals surface area contributed by atoms with Gasteiger partial charge in [-0.3, -0.25) is 4.79 Å². The highest BCUT2D eigenvalue weighted by atomic mass is 16.3. The first kappa shape index (κ1) is 7.85. The molecule has 3 heteroatoms. The third-order valence-electron chi connectivity index (χ3n) is 1.33. The standard InChI is InChI=1S/C8H11NO2/c1-7(10)9-5-4-8-3-2-6-11-8/h2-3,6H,4-5H2,1H3,(H,9,10). The summed E-state index contributed by atoms with van der Waals surface area (Å²) in [7, 11) is 0. The lowest BCUT2D eigenvalue weighted by atomic mass is 10.3. The van der Waals surface area contributed by atoms with E-state index in [4.69, 9.17) is 4.42 Å². The van der Waals surface area contributed by atoms with Crippen molar-refractivity contribution in [2.45, 2.75) is 13.3 Å². The van der Waals surface area contributed by atoms with E-state index in [1.54, 1.807) is 6.26 Å². The van der Waals surface area contributed by atoms with Crippen LogP contribution in [-0.4, -0.2) is 12.5 Å². The highest BCUT2D eigenvalue weighted by molar-refractivity contribution is 5.72. The minimum atomic E-state index is -0.00319. The molecule has 0 saturated heterocycles. The lowest BCUT2D eigenvalue weighted by Crippen LogP contribution is -2.22. The Labute approximate surface area is 65.4 Å². The first-order chi connectivity index (χ1) is 5.29. The second-order valence-corrected chi connectivity index (χ2v) is 2.31. The molecule has 1 aromatic heterocycles. The molecule has 1 N–H and O–H groups in total. The second kappa shape index (κ2) is 3.81. The molecule has 0 bridgehead atoms. The van der Waals surface area contributed by atoms with Crippen molar-refractivity contribution in [3.8, 4) is 0 Å². The Morgan fingerprint density at radius 3 is 3.09 bits per heavy atom. The largest absolute Gasteiger partial charge is 0.469 e. The second-order valence-electron chi connectivity index (χ2n) is 2.31. The zero-order valence-electron chi connectivity index (χ0n) is 6.46. The van der Waals surface area contributed by atoms with E-state index in [0.29, 0.717) is 6.54 Å². The van der Waals surface area contributed by atoms with Crippen molar-refractivity contribution in [2.75, 3.05) is 6.54 Å². The van der Waals surface area contributed by atoms with Crippen LogP contribution in [0.5, 0.6) is 0 Å². The summed E-state index contributed by atoms with van der Waals surface area (Å²) in [5.41, 5.74) is 0. The van der Waals surface area contributed by atoms with Gasteiger partial charge in [-0.05, 0) is 12.1 Å². The molecule has 0 spiro atoms. The van der Waals surface area contributed by atoms with Crippen molar-refractivity contribution < 1.29 is 9.21 Å². The maximum absolute atomic E-state index is 10.4. The average molecular weight is 153 g/mol. The Bertz CT molecular complexity index is 216. The molecule has 0 radical (unpaired) electrons. The molecule has 11 heavy (non-hydrogen) atoms. The minimum absolute atomic E-state index is 0.00319. The minimum Gasteiger partial charge on any atom is -0.469 e. The van der Waals surface area contributed by atoms with Crippen molar-refractivity contribution in [2.24, 2.45) is 0 Å². The summed E-state index contributed by atoms with van der Waals surface area (Å²) < 4.78 is 5.06. The van der Waals surface area contributed by atoms with E-state index >= 15 is 0 Å². The Hall–Kier alpha value is -1.25. The normalized spacial score (nSPS) is 9.55. The maximum Gasteiger partial charge on any atom is 0.216 e. The summed E-state index contributed by atoms with van der Waals surface area (Å²) in [5, 5.41) is 2.68. The van der Waals surface area contributed by atoms with Crippen LogP contribution in [0, 0.1) is 0 Å². The lowest BCUT2D eigenvalue weighted by Gasteiger charge is -1.97. The summed E-state index contributed by atoms with van der Waals surface area (Å²) in [6.45, 7) is 2.14. The van der Waals surface area contributed by atoms with E-state index in [-0.39, 0.29) is 5.91 Å². The van der Waals surface area contributed by atoms with Gasteiger partial charge in [-0.15, -0.1) is 0 Å². The van der Waals surface area contributed by atoms with E-state index < -0.39 is 0 Å². The van der Waals surface area contributed by atoms with Crippen LogP contribution in [0.15, 0.2) is 22.8 Å². The molecule has 1 aromatic rings. The fourth-order valence-electron chi connectivity index (χ4n) is 0.817. The van der Waals surface area contributed by atoms with Gasteiger partial charge in [0.2, 0.25) is 5.91 Å². The third-order valence-corrected chi connectivity index (χ3v) is 1.33. The number of carbonyl (C=O) groups is 1. The third kappa shape index (κ3) is 2.89. The van der Waals surface area contributed by atoms with Gasteiger partial charge in [-0.1, -0.05) is 0 Å². The van der Waals surface area contributed by atoms with Crippen LogP contribution in [0.1, 0.15) is 12.7 Å². The number of nitrogens with one attached hydrogen (secondary N) is 1. The number of carbonyl (C=O) groups excluding carboxylic acids is 1. The molecule has 3 nitrogen and oxygen atoms in total. The van der Waals surface area contributed by atoms with E-state index in [1.807, 2.05) is 12.1 Å². The van der Waals surface area contributed by atoms with Crippen molar-refractivity contribution in [1.82, 2.24) is 5.32 Å². The summed E-state index contributed by atoms with van der Waals surface area (Å²) in [4.78, 5) is 10.4.